The van der Waals surface area contributed by atoms with Gasteiger partial charge < -0.3 is 15.4 Å². The fourth-order valence-electron chi connectivity index (χ4n) is 4.28. The number of nitrogens with zero attached hydrogens (tertiary/aromatic N) is 3. The number of benzene rings is 2. The Morgan fingerprint density at radius 2 is 1.92 bits per heavy atom. The number of rotatable bonds is 7. The van der Waals surface area contributed by atoms with Crippen LogP contribution in [-0.4, -0.2) is 60.1 Å². The molecule has 1 saturated heterocycles. The lowest BCUT2D eigenvalue weighted by atomic mass is 9.94. The summed E-state index contributed by atoms with van der Waals surface area (Å²) in [6.45, 7) is 1.69. The van der Waals surface area contributed by atoms with E-state index in [-0.39, 0.29) is 0 Å². The summed E-state index contributed by atoms with van der Waals surface area (Å²) < 4.78 is 75.4. The van der Waals surface area contributed by atoms with E-state index < -0.39 is 47.2 Å². The van der Waals surface area contributed by atoms with E-state index in [1.54, 1.807) is 31.4 Å². The maximum Gasteiger partial charge on any atom is 0.437 e. The number of nitrogens with one attached hydrogen (secondary N) is 2. The Hall–Kier alpha value is -2.78. The minimum absolute atomic E-state index is 0.341. The van der Waals surface area contributed by atoms with Crippen LogP contribution in [0.3, 0.4) is 0 Å². The Labute approximate surface area is 223 Å². The summed E-state index contributed by atoms with van der Waals surface area (Å²) in [6.07, 6.45) is -3.71. The molecule has 1 aliphatic heterocycles. The van der Waals surface area contributed by atoms with E-state index in [1.807, 2.05) is 27.5 Å². The van der Waals surface area contributed by atoms with Gasteiger partial charge in [0.1, 0.15) is 0 Å². The average molecular weight is 635 g/mol. The Bertz CT molecular complexity index is 1270. The van der Waals surface area contributed by atoms with E-state index >= 15 is 0 Å². The van der Waals surface area contributed by atoms with Crippen LogP contribution in [0.15, 0.2) is 48.7 Å². The van der Waals surface area contributed by atoms with Gasteiger partial charge in [-0.05, 0) is 52.4 Å². The molecule has 0 saturated carbocycles. The van der Waals surface area contributed by atoms with E-state index in [9.17, 15) is 26.7 Å². The minimum Gasteiger partial charge on any atom is -0.383 e. The Morgan fingerprint density at radius 1 is 1.16 bits per heavy atom. The van der Waals surface area contributed by atoms with Crippen molar-refractivity contribution in [2.24, 2.45) is 0 Å². The van der Waals surface area contributed by atoms with E-state index in [0.29, 0.717) is 41.1 Å². The van der Waals surface area contributed by atoms with Gasteiger partial charge in [0.15, 0.2) is 17.3 Å². The molecule has 0 aliphatic carbocycles. The largest absolute Gasteiger partial charge is 0.437 e. The predicted molar refractivity (Wildman–Crippen MR) is 135 cm³/mol. The zero-order valence-electron chi connectivity index (χ0n) is 19.5. The number of ether oxygens (including phenoxy) is 1. The first kappa shape index (κ1) is 27.3. The van der Waals surface area contributed by atoms with Gasteiger partial charge in [0.2, 0.25) is 0 Å². The third-order valence-electron chi connectivity index (χ3n) is 6.03. The molecule has 0 unspecified atom stereocenters. The van der Waals surface area contributed by atoms with Gasteiger partial charge >= 0.3 is 12.2 Å². The molecule has 2 aromatic carbocycles. The van der Waals surface area contributed by atoms with Crippen LogP contribution in [0.4, 0.5) is 32.4 Å². The zero-order valence-corrected chi connectivity index (χ0v) is 21.7. The summed E-state index contributed by atoms with van der Waals surface area (Å²) in [5.74, 6) is -2.44. The summed E-state index contributed by atoms with van der Waals surface area (Å²) >= 11 is 1.98. The van der Waals surface area contributed by atoms with Gasteiger partial charge in [-0.1, -0.05) is 18.2 Å². The Kier molecular flexibility index (Phi) is 8.33. The molecule has 0 spiro atoms. The lowest BCUT2D eigenvalue weighted by Gasteiger charge is -2.21. The van der Waals surface area contributed by atoms with Gasteiger partial charge in [-0.2, -0.15) is 18.3 Å². The topological polar surface area (TPSA) is 71.4 Å². The highest BCUT2D eigenvalue weighted by molar-refractivity contribution is 14.1. The van der Waals surface area contributed by atoms with Gasteiger partial charge in [-0.3, -0.25) is 4.90 Å². The first-order valence-electron chi connectivity index (χ1n) is 11.2. The van der Waals surface area contributed by atoms with E-state index in [0.717, 1.165) is 23.0 Å². The maximum atomic E-state index is 13.9. The van der Waals surface area contributed by atoms with Crippen molar-refractivity contribution in [3.8, 4) is 5.69 Å². The number of methoxy groups -OCH3 is 1. The van der Waals surface area contributed by atoms with Gasteiger partial charge in [0.05, 0.1) is 30.2 Å². The highest BCUT2D eigenvalue weighted by Gasteiger charge is 2.39. The van der Waals surface area contributed by atoms with Crippen LogP contribution in [0.5, 0.6) is 0 Å². The predicted octanol–water partition coefficient (Wildman–Crippen LogP) is 5.01. The number of carbonyl (C=O) groups is 1. The zero-order chi connectivity index (χ0) is 26.7. The Morgan fingerprint density at radius 3 is 2.59 bits per heavy atom. The molecule has 2 N–H and O–H groups in total. The molecular weight excluding hydrogens is 612 g/mol. The quantitative estimate of drug-likeness (QED) is 0.283. The second kappa shape index (κ2) is 11.3. The third kappa shape index (κ3) is 6.38. The standard InChI is InChI=1S/C24H23F5IN5O2/c1-37-9-8-34-11-15(14-6-7-16(25)17(26)10-14)19(12-34)31-23(36)32-20-13-35(33-22(20)24(27,28)29)21-5-3-2-4-18(21)30/h2-7,10,13,15,19H,8-9,11-12H2,1H3,(H2,31,32,36)/t15-,19+/m0/s1. The number of hydrogen-bond donors (Lipinski definition) is 2. The van der Waals surface area contributed by atoms with Crippen LogP contribution < -0.4 is 10.6 Å². The molecule has 0 bridgehead atoms. The molecule has 37 heavy (non-hydrogen) atoms. The number of hydrogen-bond acceptors (Lipinski definition) is 4. The highest BCUT2D eigenvalue weighted by Crippen LogP contribution is 2.35. The highest BCUT2D eigenvalue weighted by atomic mass is 127. The molecule has 198 valence electrons. The number of urea groups is 1. The van der Waals surface area contributed by atoms with Crippen LogP contribution in [-0.2, 0) is 10.9 Å². The SMILES string of the molecule is COCCN1C[C@@H](NC(=O)Nc2cn(-c3ccccc3I)nc2C(F)(F)F)[C@H](c2ccc(F)c(F)c2)C1. The van der Waals surface area contributed by atoms with E-state index in [2.05, 4.69) is 15.7 Å². The number of anilines is 1. The number of para-hydroxylation sites is 1. The fourth-order valence-corrected chi connectivity index (χ4v) is 4.91. The molecule has 4 rings (SSSR count). The molecular formula is C24H23F5IN5O2. The number of aromatic nitrogens is 2. The molecule has 0 radical (unpaired) electrons. The molecule has 2 amide bonds. The number of amides is 2. The van der Waals surface area contributed by atoms with Crippen LogP contribution in [0.1, 0.15) is 17.2 Å². The van der Waals surface area contributed by atoms with Gasteiger partial charge in [0, 0.05) is 36.2 Å². The van der Waals surface area contributed by atoms with Gasteiger partial charge in [-0.25, -0.2) is 18.3 Å². The van der Waals surface area contributed by atoms with Crippen molar-refractivity contribution in [3.63, 3.8) is 0 Å². The molecule has 1 aromatic heterocycles. The monoisotopic (exact) mass is 635 g/mol. The third-order valence-corrected chi connectivity index (χ3v) is 6.94. The number of alkyl halides is 3. The van der Waals surface area contributed by atoms with Crippen molar-refractivity contribution in [1.82, 2.24) is 20.0 Å². The first-order valence-corrected chi connectivity index (χ1v) is 12.3. The smallest absolute Gasteiger partial charge is 0.383 e. The van der Waals surface area contributed by atoms with Gasteiger partial charge in [-0.15, -0.1) is 0 Å². The molecule has 7 nitrogen and oxygen atoms in total. The second-order valence-electron chi connectivity index (χ2n) is 8.52. The molecule has 2 atom stereocenters. The molecule has 2 heterocycles. The van der Waals surface area contributed by atoms with Crippen molar-refractivity contribution < 1.29 is 31.5 Å². The molecule has 13 heteroatoms. The van der Waals surface area contributed by atoms with Crippen molar-refractivity contribution in [1.29, 1.82) is 0 Å². The normalized spacial score (nSPS) is 18.2. The van der Waals surface area contributed by atoms with Crippen LogP contribution in [0.2, 0.25) is 0 Å². The van der Waals surface area contributed by atoms with Gasteiger partial charge in [0.25, 0.3) is 0 Å². The summed E-state index contributed by atoms with van der Waals surface area (Å²) in [5, 5.41) is 8.64. The number of carbonyl (C=O) groups excluding carboxylic acids is 1. The van der Waals surface area contributed by atoms with Crippen molar-refractivity contribution in [3.05, 3.63) is 75.1 Å². The maximum absolute atomic E-state index is 13.9. The van der Waals surface area contributed by atoms with Crippen molar-refractivity contribution in [2.75, 3.05) is 38.7 Å². The van der Waals surface area contributed by atoms with Crippen molar-refractivity contribution >= 4 is 34.3 Å². The lowest BCUT2D eigenvalue weighted by Crippen LogP contribution is -2.42. The molecule has 1 fully saturated rings. The Balaban J connectivity index is 1.56. The van der Waals surface area contributed by atoms with Crippen LogP contribution in [0, 0.1) is 15.2 Å². The minimum atomic E-state index is -4.81. The summed E-state index contributed by atoms with van der Waals surface area (Å²) in [7, 11) is 1.54. The van der Waals surface area contributed by atoms with Crippen LogP contribution in [0.25, 0.3) is 5.69 Å². The number of likely N-dealkylation sites (tertiary alicyclic amines) is 1. The lowest BCUT2D eigenvalue weighted by molar-refractivity contribution is -0.140. The molecule has 1 aliphatic rings. The second-order valence-corrected chi connectivity index (χ2v) is 9.68. The molecule has 3 aromatic rings. The summed E-state index contributed by atoms with van der Waals surface area (Å²) in [6, 6.07) is 8.79. The van der Waals surface area contributed by atoms with Crippen molar-refractivity contribution in [2.45, 2.75) is 18.1 Å². The summed E-state index contributed by atoms with van der Waals surface area (Å²) in [4.78, 5) is 14.8. The van der Waals surface area contributed by atoms with E-state index in [4.69, 9.17) is 4.74 Å². The van der Waals surface area contributed by atoms with E-state index in [1.165, 1.54) is 6.07 Å². The summed E-state index contributed by atoms with van der Waals surface area (Å²) in [5.41, 5.74) is -0.868. The number of halogens is 6. The average Bonchev–Trinajstić information content (AvgIpc) is 3.44. The first-order chi connectivity index (χ1) is 17.6. The fraction of sp³-hybridized carbons (Fsp3) is 0.333. The van der Waals surface area contributed by atoms with Crippen LogP contribution >= 0.6 is 22.6 Å².